The minimum atomic E-state index is -0.487. The molecule has 0 aromatic heterocycles. The maximum atomic E-state index is 12.2. The molecule has 0 unspecified atom stereocenters. The first-order chi connectivity index (χ1) is 10.1. The number of anilines is 1. The van der Waals surface area contributed by atoms with Crippen LogP contribution in [-0.2, 0) is 11.3 Å². The third-order valence-electron chi connectivity index (χ3n) is 2.85. The van der Waals surface area contributed by atoms with Gasteiger partial charge in [0.2, 0.25) is 0 Å². The Kier molecular flexibility index (Phi) is 5.22. The maximum absolute atomic E-state index is 12.2. The van der Waals surface area contributed by atoms with E-state index < -0.39 is 5.97 Å². The molecule has 0 saturated heterocycles. The van der Waals surface area contributed by atoms with Crippen LogP contribution < -0.4 is 10.5 Å². The van der Waals surface area contributed by atoms with Crippen molar-refractivity contribution in [2.24, 2.45) is 0 Å². The topological polar surface area (TPSA) is 61.5 Å². The smallest absolute Gasteiger partial charge is 0.344 e. The van der Waals surface area contributed by atoms with Crippen molar-refractivity contribution in [1.82, 2.24) is 0 Å². The van der Waals surface area contributed by atoms with E-state index in [9.17, 15) is 4.79 Å². The van der Waals surface area contributed by atoms with Gasteiger partial charge in [0.05, 0.1) is 6.61 Å². The number of nitrogen functional groups attached to an aromatic ring is 1. The maximum Gasteiger partial charge on any atom is 0.344 e. The summed E-state index contributed by atoms with van der Waals surface area (Å²) in [6.45, 7) is 2.49. The summed E-state index contributed by atoms with van der Waals surface area (Å²) in [6.07, 6.45) is 0. The standard InChI is InChI=1S/C16H16BrNO3/c1-2-20-14-5-3-4-13(18)15(14)16(19)21-10-11-6-8-12(17)9-7-11/h3-9H,2,10,18H2,1H3. The normalized spacial score (nSPS) is 10.2. The van der Waals surface area contributed by atoms with Gasteiger partial charge in [-0.1, -0.05) is 34.1 Å². The molecule has 2 aromatic rings. The van der Waals surface area contributed by atoms with E-state index in [0.29, 0.717) is 18.0 Å². The highest BCUT2D eigenvalue weighted by atomic mass is 79.9. The lowest BCUT2D eigenvalue weighted by Gasteiger charge is -2.12. The minimum Gasteiger partial charge on any atom is -0.493 e. The lowest BCUT2D eigenvalue weighted by atomic mass is 10.1. The second-order valence-electron chi connectivity index (χ2n) is 4.36. The summed E-state index contributed by atoms with van der Waals surface area (Å²) >= 11 is 3.36. The molecule has 2 aromatic carbocycles. The first kappa shape index (κ1) is 15.4. The number of hydrogen-bond donors (Lipinski definition) is 1. The molecule has 0 bridgehead atoms. The number of benzene rings is 2. The van der Waals surface area contributed by atoms with Crippen molar-refractivity contribution in [1.29, 1.82) is 0 Å². The van der Waals surface area contributed by atoms with E-state index >= 15 is 0 Å². The third-order valence-corrected chi connectivity index (χ3v) is 3.37. The molecule has 0 atom stereocenters. The second-order valence-corrected chi connectivity index (χ2v) is 5.27. The zero-order chi connectivity index (χ0) is 15.2. The highest BCUT2D eigenvalue weighted by Crippen LogP contribution is 2.25. The Morgan fingerprint density at radius 3 is 2.57 bits per heavy atom. The molecule has 0 aliphatic rings. The second kappa shape index (κ2) is 7.13. The van der Waals surface area contributed by atoms with Gasteiger partial charge in [0, 0.05) is 10.2 Å². The SMILES string of the molecule is CCOc1cccc(N)c1C(=O)OCc1ccc(Br)cc1. The lowest BCUT2D eigenvalue weighted by Crippen LogP contribution is -2.11. The van der Waals surface area contributed by atoms with Crippen LogP contribution in [0.25, 0.3) is 0 Å². The summed E-state index contributed by atoms with van der Waals surface area (Å²) in [5.41, 5.74) is 7.38. The van der Waals surface area contributed by atoms with Gasteiger partial charge in [-0.2, -0.15) is 0 Å². The van der Waals surface area contributed by atoms with E-state index in [1.165, 1.54) is 0 Å². The Morgan fingerprint density at radius 1 is 1.19 bits per heavy atom. The number of rotatable bonds is 5. The van der Waals surface area contributed by atoms with Crippen LogP contribution >= 0.6 is 15.9 Å². The van der Waals surface area contributed by atoms with Gasteiger partial charge in [0.15, 0.2) is 0 Å². The van der Waals surface area contributed by atoms with Crippen LogP contribution in [0, 0.1) is 0 Å². The number of halogens is 1. The number of ether oxygens (including phenoxy) is 2. The summed E-state index contributed by atoms with van der Waals surface area (Å²) in [4.78, 5) is 12.2. The Bertz CT molecular complexity index is 626. The molecule has 0 heterocycles. The van der Waals surface area contributed by atoms with Gasteiger partial charge in [-0.3, -0.25) is 0 Å². The van der Waals surface area contributed by atoms with Crippen LogP contribution in [0.1, 0.15) is 22.8 Å². The van der Waals surface area contributed by atoms with Gasteiger partial charge >= 0.3 is 5.97 Å². The van der Waals surface area contributed by atoms with Crippen LogP contribution in [0.15, 0.2) is 46.9 Å². The molecule has 0 fully saturated rings. The van der Waals surface area contributed by atoms with E-state index in [-0.39, 0.29) is 12.2 Å². The molecular formula is C16H16BrNO3. The average Bonchev–Trinajstić information content (AvgIpc) is 2.47. The molecule has 21 heavy (non-hydrogen) atoms. The van der Waals surface area contributed by atoms with Crippen molar-refractivity contribution in [2.45, 2.75) is 13.5 Å². The van der Waals surface area contributed by atoms with Crippen molar-refractivity contribution >= 4 is 27.6 Å². The number of hydrogen-bond acceptors (Lipinski definition) is 4. The van der Waals surface area contributed by atoms with Gasteiger partial charge in [0.1, 0.15) is 17.9 Å². The van der Waals surface area contributed by atoms with Crippen molar-refractivity contribution < 1.29 is 14.3 Å². The summed E-state index contributed by atoms with van der Waals surface area (Å²) in [6, 6.07) is 12.7. The summed E-state index contributed by atoms with van der Waals surface area (Å²) in [5, 5.41) is 0. The fourth-order valence-electron chi connectivity index (χ4n) is 1.84. The number of carbonyl (C=O) groups is 1. The fourth-order valence-corrected chi connectivity index (χ4v) is 2.11. The van der Waals surface area contributed by atoms with Crippen molar-refractivity contribution in [2.75, 3.05) is 12.3 Å². The minimum absolute atomic E-state index is 0.187. The molecular weight excluding hydrogens is 334 g/mol. The highest BCUT2D eigenvalue weighted by Gasteiger charge is 2.17. The lowest BCUT2D eigenvalue weighted by molar-refractivity contribution is 0.0469. The van der Waals surface area contributed by atoms with Crippen LogP contribution in [-0.4, -0.2) is 12.6 Å². The predicted octanol–water partition coefficient (Wildman–Crippen LogP) is 3.79. The fraction of sp³-hybridized carbons (Fsp3) is 0.188. The average molecular weight is 350 g/mol. The summed E-state index contributed by atoms with van der Waals surface area (Å²) < 4.78 is 11.7. The molecule has 0 amide bonds. The molecule has 0 spiro atoms. The molecule has 0 radical (unpaired) electrons. The largest absolute Gasteiger partial charge is 0.493 e. The first-order valence-corrected chi connectivity index (χ1v) is 7.34. The van der Waals surface area contributed by atoms with E-state index in [1.807, 2.05) is 31.2 Å². The van der Waals surface area contributed by atoms with Crippen molar-refractivity contribution in [3.8, 4) is 5.75 Å². The Morgan fingerprint density at radius 2 is 1.90 bits per heavy atom. The highest BCUT2D eigenvalue weighted by molar-refractivity contribution is 9.10. The Labute approximate surface area is 132 Å². The van der Waals surface area contributed by atoms with E-state index in [0.717, 1.165) is 10.0 Å². The summed E-state index contributed by atoms with van der Waals surface area (Å²) in [7, 11) is 0. The Hall–Kier alpha value is -2.01. The summed E-state index contributed by atoms with van der Waals surface area (Å²) in [5.74, 6) is -0.0437. The van der Waals surface area contributed by atoms with E-state index in [2.05, 4.69) is 15.9 Å². The molecule has 4 nitrogen and oxygen atoms in total. The van der Waals surface area contributed by atoms with Crippen LogP contribution in [0.3, 0.4) is 0 Å². The monoisotopic (exact) mass is 349 g/mol. The van der Waals surface area contributed by atoms with Crippen LogP contribution in [0.4, 0.5) is 5.69 Å². The van der Waals surface area contributed by atoms with Gasteiger partial charge in [-0.05, 0) is 36.8 Å². The number of nitrogens with two attached hydrogens (primary N) is 1. The van der Waals surface area contributed by atoms with Gasteiger partial charge in [0.25, 0.3) is 0 Å². The van der Waals surface area contributed by atoms with Gasteiger partial charge < -0.3 is 15.2 Å². The van der Waals surface area contributed by atoms with E-state index in [4.69, 9.17) is 15.2 Å². The predicted molar refractivity (Wildman–Crippen MR) is 85.3 cm³/mol. The first-order valence-electron chi connectivity index (χ1n) is 6.54. The molecule has 0 aliphatic heterocycles. The van der Waals surface area contributed by atoms with Gasteiger partial charge in [-0.15, -0.1) is 0 Å². The Balaban J connectivity index is 2.11. The van der Waals surface area contributed by atoms with Gasteiger partial charge in [-0.25, -0.2) is 4.79 Å². The number of carbonyl (C=O) groups excluding carboxylic acids is 1. The zero-order valence-corrected chi connectivity index (χ0v) is 13.2. The van der Waals surface area contributed by atoms with Crippen molar-refractivity contribution in [3.63, 3.8) is 0 Å². The van der Waals surface area contributed by atoms with Crippen LogP contribution in [0.5, 0.6) is 5.75 Å². The molecule has 2 N–H and O–H groups in total. The molecule has 2 rings (SSSR count). The molecule has 110 valence electrons. The van der Waals surface area contributed by atoms with Crippen molar-refractivity contribution in [3.05, 3.63) is 58.1 Å². The quantitative estimate of drug-likeness (QED) is 0.658. The molecule has 0 aliphatic carbocycles. The number of esters is 1. The van der Waals surface area contributed by atoms with Crippen LogP contribution in [0.2, 0.25) is 0 Å². The molecule has 0 saturated carbocycles. The third kappa shape index (κ3) is 3.98. The van der Waals surface area contributed by atoms with E-state index in [1.54, 1.807) is 18.2 Å². The molecule has 5 heteroatoms. The zero-order valence-electron chi connectivity index (χ0n) is 11.6.